The predicted octanol–water partition coefficient (Wildman–Crippen LogP) is 1.78. The zero-order chi connectivity index (χ0) is 15.8. The molecular weight excluding hydrogens is 296 g/mol. The number of carbonyl (C=O) groups is 2. The first-order chi connectivity index (χ1) is 9.93. The largest absolute Gasteiger partial charge is 0.482 e. The highest BCUT2D eigenvalue weighted by Crippen LogP contribution is 2.27. The van der Waals surface area contributed by atoms with E-state index in [2.05, 4.69) is 5.32 Å². The van der Waals surface area contributed by atoms with Gasteiger partial charge in [0, 0.05) is 26.4 Å². The van der Waals surface area contributed by atoms with Gasteiger partial charge in [-0.25, -0.2) is 0 Å². The highest BCUT2D eigenvalue weighted by atomic mass is 35.5. The van der Waals surface area contributed by atoms with Crippen LogP contribution >= 0.6 is 11.6 Å². The van der Waals surface area contributed by atoms with E-state index in [0.717, 1.165) is 0 Å². The summed E-state index contributed by atoms with van der Waals surface area (Å²) in [6, 6.07) is 4.80. The van der Waals surface area contributed by atoms with Crippen LogP contribution in [0.1, 0.15) is 6.92 Å². The monoisotopic (exact) mass is 314 g/mol. The minimum Gasteiger partial charge on any atom is -0.482 e. The van der Waals surface area contributed by atoms with E-state index >= 15 is 0 Å². The number of hydrogen-bond acceptors (Lipinski definition) is 4. The lowest BCUT2D eigenvalue weighted by Gasteiger charge is -2.13. The average Bonchev–Trinajstić information content (AvgIpc) is 2.43. The van der Waals surface area contributed by atoms with Crippen LogP contribution in [-0.2, 0) is 14.3 Å². The number of nitrogens with one attached hydrogen (secondary N) is 1. The van der Waals surface area contributed by atoms with E-state index in [-0.39, 0.29) is 25.0 Å². The quantitative estimate of drug-likeness (QED) is 0.833. The van der Waals surface area contributed by atoms with Gasteiger partial charge < -0.3 is 19.7 Å². The van der Waals surface area contributed by atoms with E-state index in [4.69, 9.17) is 21.1 Å². The Hall–Kier alpha value is -1.79. The Bertz CT molecular complexity index is 506. The van der Waals surface area contributed by atoms with E-state index in [1.54, 1.807) is 32.3 Å². The summed E-state index contributed by atoms with van der Waals surface area (Å²) in [4.78, 5) is 24.4. The Balaban J connectivity index is 2.59. The second-order valence-electron chi connectivity index (χ2n) is 4.41. The van der Waals surface area contributed by atoms with Gasteiger partial charge in [0.15, 0.2) is 6.61 Å². The third-order valence-electron chi connectivity index (χ3n) is 2.50. The fraction of sp³-hybridized carbons (Fsp3) is 0.429. The molecule has 7 heteroatoms. The number of benzene rings is 1. The van der Waals surface area contributed by atoms with E-state index in [1.807, 2.05) is 6.92 Å². The van der Waals surface area contributed by atoms with Crippen LogP contribution in [0.25, 0.3) is 0 Å². The van der Waals surface area contributed by atoms with Crippen molar-refractivity contribution in [3.8, 4) is 5.75 Å². The molecule has 0 saturated carbocycles. The lowest BCUT2D eigenvalue weighted by Crippen LogP contribution is -2.27. The van der Waals surface area contributed by atoms with Crippen molar-refractivity contribution >= 4 is 29.1 Å². The minimum atomic E-state index is -0.260. The Kier molecular flexibility index (Phi) is 6.98. The van der Waals surface area contributed by atoms with E-state index in [9.17, 15) is 9.59 Å². The maximum absolute atomic E-state index is 11.5. The Labute approximate surface area is 129 Å². The van der Waals surface area contributed by atoms with Gasteiger partial charge in [-0.05, 0) is 25.1 Å². The molecule has 0 heterocycles. The first kappa shape index (κ1) is 17.3. The van der Waals surface area contributed by atoms with Crippen LogP contribution in [-0.4, -0.2) is 50.6 Å². The Morgan fingerprint density at radius 2 is 2.00 bits per heavy atom. The van der Waals surface area contributed by atoms with Crippen LogP contribution in [0.3, 0.4) is 0 Å². The summed E-state index contributed by atoms with van der Waals surface area (Å²) < 4.78 is 10.3. The number of nitrogens with zero attached hydrogens (tertiary/aromatic N) is 1. The highest BCUT2D eigenvalue weighted by molar-refractivity contribution is 6.32. The molecule has 0 aliphatic carbocycles. The molecule has 0 aliphatic heterocycles. The van der Waals surface area contributed by atoms with Gasteiger partial charge in [-0.15, -0.1) is 0 Å². The molecular formula is C14H19ClN2O4. The molecule has 0 aliphatic rings. The number of rotatable bonds is 7. The van der Waals surface area contributed by atoms with Crippen molar-refractivity contribution in [1.82, 2.24) is 4.90 Å². The predicted molar refractivity (Wildman–Crippen MR) is 80.8 cm³/mol. The number of anilines is 1. The number of halogens is 1. The fourth-order valence-corrected chi connectivity index (χ4v) is 1.59. The molecule has 1 aromatic carbocycles. The molecule has 0 aromatic heterocycles. The first-order valence-electron chi connectivity index (χ1n) is 6.44. The molecule has 1 N–H and O–H groups in total. The van der Waals surface area contributed by atoms with Crippen molar-refractivity contribution < 1.29 is 19.1 Å². The van der Waals surface area contributed by atoms with E-state index in [1.165, 1.54) is 4.90 Å². The fourth-order valence-electron chi connectivity index (χ4n) is 1.36. The number of carbonyl (C=O) groups excluding carboxylic acids is 2. The van der Waals surface area contributed by atoms with Crippen molar-refractivity contribution in [2.24, 2.45) is 0 Å². The van der Waals surface area contributed by atoms with Gasteiger partial charge in [0.25, 0.3) is 5.91 Å². The van der Waals surface area contributed by atoms with E-state index < -0.39 is 0 Å². The molecule has 0 bridgehead atoms. The van der Waals surface area contributed by atoms with Crippen LogP contribution in [0.4, 0.5) is 5.69 Å². The molecule has 21 heavy (non-hydrogen) atoms. The van der Waals surface area contributed by atoms with Crippen molar-refractivity contribution in [2.45, 2.75) is 6.92 Å². The van der Waals surface area contributed by atoms with Gasteiger partial charge >= 0.3 is 0 Å². The number of likely N-dealkylation sites (N-methyl/N-ethyl adjacent to an activating group) is 1. The van der Waals surface area contributed by atoms with Crippen LogP contribution in [0.15, 0.2) is 18.2 Å². The van der Waals surface area contributed by atoms with Crippen molar-refractivity contribution in [2.75, 3.05) is 39.2 Å². The summed E-state index contributed by atoms with van der Waals surface area (Å²) >= 11 is 6.05. The molecule has 6 nitrogen and oxygen atoms in total. The lowest BCUT2D eigenvalue weighted by atomic mass is 10.3. The van der Waals surface area contributed by atoms with Gasteiger partial charge in [0.1, 0.15) is 12.4 Å². The second-order valence-corrected chi connectivity index (χ2v) is 4.81. The number of amides is 2. The minimum absolute atomic E-state index is 0.0102. The maximum Gasteiger partial charge on any atom is 0.259 e. The summed E-state index contributed by atoms with van der Waals surface area (Å²) in [5, 5.41) is 2.96. The molecule has 2 amide bonds. The van der Waals surface area contributed by atoms with Crippen LogP contribution in [0, 0.1) is 0 Å². The van der Waals surface area contributed by atoms with Crippen LogP contribution in [0.2, 0.25) is 5.02 Å². The molecule has 0 spiro atoms. The topological polar surface area (TPSA) is 67.9 Å². The summed E-state index contributed by atoms with van der Waals surface area (Å²) in [7, 11) is 3.29. The van der Waals surface area contributed by atoms with Crippen molar-refractivity contribution in [1.29, 1.82) is 0 Å². The van der Waals surface area contributed by atoms with Gasteiger partial charge in [0.2, 0.25) is 5.91 Å². The van der Waals surface area contributed by atoms with Gasteiger partial charge in [0.05, 0.1) is 5.02 Å². The third-order valence-corrected chi connectivity index (χ3v) is 2.80. The second kappa shape index (κ2) is 8.49. The normalized spacial score (nSPS) is 10.1. The molecule has 1 aromatic rings. The smallest absolute Gasteiger partial charge is 0.259 e. The highest BCUT2D eigenvalue weighted by Gasteiger charge is 2.09. The van der Waals surface area contributed by atoms with E-state index in [0.29, 0.717) is 23.1 Å². The third kappa shape index (κ3) is 6.01. The lowest BCUT2D eigenvalue weighted by molar-refractivity contribution is -0.130. The average molecular weight is 315 g/mol. The molecule has 0 unspecified atom stereocenters. The number of ether oxygens (including phenoxy) is 2. The van der Waals surface area contributed by atoms with Crippen LogP contribution in [0.5, 0.6) is 5.75 Å². The SMILES string of the molecule is CCOCC(=O)Nc1ccc(OCC(=O)N(C)C)c(Cl)c1. The van der Waals surface area contributed by atoms with Crippen molar-refractivity contribution in [3.05, 3.63) is 23.2 Å². The summed E-state index contributed by atoms with van der Waals surface area (Å²) in [6.45, 7) is 2.18. The maximum atomic E-state index is 11.5. The van der Waals surface area contributed by atoms with Crippen molar-refractivity contribution in [3.63, 3.8) is 0 Å². The summed E-state index contributed by atoms with van der Waals surface area (Å²) in [5.74, 6) is -0.0424. The standard InChI is InChI=1S/C14H19ClN2O4/c1-4-20-8-13(18)16-10-5-6-12(11(15)7-10)21-9-14(19)17(2)3/h5-7H,4,8-9H2,1-3H3,(H,16,18). The molecule has 0 saturated heterocycles. The van der Waals surface area contributed by atoms with Gasteiger partial charge in [-0.1, -0.05) is 11.6 Å². The first-order valence-corrected chi connectivity index (χ1v) is 6.82. The zero-order valence-corrected chi connectivity index (χ0v) is 13.1. The summed E-state index contributed by atoms with van der Waals surface area (Å²) in [6.07, 6.45) is 0. The zero-order valence-electron chi connectivity index (χ0n) is 12.3. The Morgan fingerprint density at radius 1 is 1.29 bits per heavy atom. The molecule has 116 valence electrons. The molecule has 0 fully saturated rings. The van der Waals surface area contributed by atoms with Gasteiger partial charge in [-0.2, -0.15) is 0 Å². The van der Waals surface area contributed by atoms with Crippen LogP contribution < -0.4 is 10.1 Å². The molecule has 0 atom stereocenters. The molecule has 1 rings (SSSR count). The molecule has 0 radical (unpaired) electrons. The van der Waals surface area contributed by atoms with Gasteiger partial charge in [-0.3, -0.25) is 9.59 Å². The number of hydrogen-bond donors (Lipinski definition) is 1. The summed E-state index contributed by atoms with van der Waals surface area (Å²) in [5.41, 5.74) is 0.538. The Morgan fingerprint density at radius 3 is 2.57 bits per heavy atom.